The van der Waals surface area contributed by atoms with Crippen LogP contribution in [0.5, 0.6) is 0 Å². The van der Waals surface area contributed by atoms with Crippen molar-refractivity contribution < 1.29 is 4.92 Å². The van der Waals surface area contributed by atoms with Crippen molar-refractivity contribution in [3.05, 3.63) is 57.3 Å². The molecule has 0 saturated carbocycles. The number of hydrogen-bond acceptors (Lipinski definition) is 2. The number of hydrogen-bond donors (Lipinski definition) is 0. The van der Waals surface area contributed by atoms with Gasteiger partial charge in [-0.2, -0.15) is 0 Å². The van der Waals surface area contributed by atoms with Gasteiger partial charge in [0.2, 0.25) is 0 Å². The number of nitrogens with zero attached hydrogens (tertiary/aromatic N) is 1. The third-order valence-corrected chi connectivity index (χ3v) is 2.37. The summed E-state index contributed by atoms with van der Waals surface area (Å²) in [6.45, 7) is 3.86. The van der Waals surface area contributed by atoms with Crippen LogP contribution in [-0.4, -0.2) is 4.92 Å². The molecule has 0 heterocycles. The van der Waals surface area contributed by atoms with Crippen molar-refractivity contribution in [1.82, 2.24) is 0 Å². The minimum Gasteiger partial charge on any atom is -0.258 e. The van der Waals surface area contributed by atoms with E-state index in [1.807, 2.05) is 44.2 Å². The molecule has 0 aliphatic heterocycles. The van der Waals surface area contributed by atoms with Gasteiger partial charge in [0.15, 0.2) is 0 Å². The molecule has 0 amide bonds. The fourth-order valence-corrected chi connectivity index (χ4v) is 1.58. The van der Waals surface area contributed by atoms with Crippen molar-refractivity contribution >= 4 is 0 Å². The molecule has 0 unspecified atom stereocenters. The Morgan fingerprint density at radius 2 is 1.93 bits per heavy atom. The van der Waals surface area contributed by atoms with E-state index in [2.05, 4.69) is 0 Å². The lowest BCUT2D eigenvalue weighted by Gasteiger charge is -2.06. The summed E-state index contributed by atoms with van der Waals surface area (Å²) in [7, 11) is 0. The molecule has 1 aliphatic carbocycles. The normalized spacial score (nSPS) is 28.5. The Morgan fingerprint density at radius 1 is 1.20 bits per heavy atom. The molecule has 0 N–H and O–H groups in total. The number of allylic oxidation sites excluding steroid dienone is 7. The second-order valence-electron chi connectivity index (χ2n) is 3.27. The zero-order valence-electron chi connectivity index (χ0n) is 9.06. The lowest BCUT2D eigenvalue weighted by atomic mass is 10.0. The largest absolute Gasteiger partial charge is 0.275 e. The van der Waals surface area contributed by atoms with Gasteiger partial charge in [-0.25, -0.2) is 0 Å². The topological polar surface area (TPSA) is 43.1 Å². The van der Waals surface area contributed by atoms with E-state index in [1.54, 1.807) is 0 Å². The molecule has 0 radical (unpaired) electrons. The van der Waals surface area contributed by atoms with Gasteiger partial charge in [0.25, 0.3) is 5.70 Å². The van der Waals surface area contributed by atoms with Gasteiger partial charge in [-0.3, -0.25) is 10.1 Å². The molecular formula is C12H15NO2. The molecule has 0 saturated heterocycles. The monoisotopic (exact) mass is 205 g/mol. The maximum Gasteiger partial charge on any atom is 0.275 e. The van der Waals surface area contributed by atoms with Crippen LogP contribution in [0.3, 0.4) is 0 Å². The first-order chi connectivity index (χ1) is 7.20. The highest BCUT2D eigenvalue weighted by Gasteiger charge is 2.19. The molecule has 1 rings (SSSR count). The second-order valence-corrected chi connectivity index (χ2v) is 3.27. The predicted octanol–water partition coefficient (Wildman–Crippen LogP) is 3.39. The van der Waals surface area contributed by atoms with Gasteiger partial charge in [0.05, 0.1) is 4.92 Å². The zero-order chi connectivity index (χ0) is 11.3. The fraction of sp³-hybridized carbons (Fsp3) is 0.333. The van der Waals surface area contributed by atoms with E-state index in [9.17, 15) is 10.1 Å². The van der Waals surface area contributed by atoms with Crippen LogP contribution in [0.2, 0.25) is 0 Å². The highest BCUT2D eigenvalue weighted by Crippen LogP contribution is 2.23. The van der Waals surface area contributed by atoms with Gasteiger partial charge < -0.3 is 0 Å². The third kappa shape index (κ3) is 2.65. The van der Waals surface area contributed by atoms with Gasteiger partial charge in [0.1, 0.15) is 0 Å². The minimum absolute atomic E-state index is 0.264. The summed E-state index contributed by atoms with van der Waals surface area (Å²) in [5.41, 5.74) is 1.84. The Morgan fingerprint density at radius 3 is 2.47 bits per heavy atom. The summed E-state index contributed by atoms with van der Waals surface area (Å²) in [6, 6.07) is 0. The van der Waals surface area contributed by atoms with Crippen molar-refractivity contribution in [1.29, 1.82) is 0 Å². The van der Waals surface area contributed by atoms with E-state index >= 15 is 0 Å². The smallest absolute Gasteiger partial charge is 0.258 e. The Bertz CT molecular complexity index is 373. The van der Waals surface area contributed by atoms with E-state index in [4.69, 9.17) is 0 Å². The molecule has 80 valence electrons. The van der Waals surface area contributed by atoms with E-state index in [0.29, 0.717) is 12.8 Å². The third-order valence-electron chi connectivity index (χ3n) is 2.37. The summed E-state index contributed by atoms with van der Waals surface area (Å²) < 4.78 is 0. The van der Waals surface area contributed by atoms with Crippen molar-refractivity contribution in [2.45, 2.75) is 26.7 Å². The number of nitro groups is 1. The molecule has 0 fully saturated rings. The molecule has 0 aromatic rings. The molecule has 3 nitrogen and oxygen atoms in total. The zero-order valence-corrected chi connectivity index (χ0v) is 9.06. The predicted molar refractivity (Wildman–Crippen MR) is 61.0 cm³/mol. The van der Waals surface area contributed by atoms with Crippen molar-refractivity contribution in [3.63, 3.8) is 0 Å². The van der Waals surface area contributed by atoms with E-state index < -0.39 is 0 Å². The molecule has 0 bridgehead atoms. The first kappa shape index (κ1) is 11.4. The summed E-state index contributed by atoms with van der Waals surface area (Å²) >= 11 is 0. The van der Waals surface area contributed by atoms with Gasteiger partial charge >= 0.3 is 0 Å². The standard InChI is InChI=1S/C12H15NO2/c1-3-10-8-6-5-7-9-11(4-2)12(10)13(14)15/h5-9H,3-4H2,1-2H3/b6-5+,7-5?,8-6?,9-7-,10-8+,11-9?,12-10?,12-11+. The highest BCUT2D eigenvalue weighted by atomic mass is 16.6. The molecule has 3 heteroatoms. The van der Waals surface area contributed by atoms with Crippen LogP contribution in [-0.2, 0) is 0 Å². The van der Waals surface area contributed by atoms with E-state index in [-0.39, 0.29) is 10.6 Å². The van der Waals surface area contributed by atoms with Crippen LogP contribution in [0, 0.1) is 10.1 Å². The maximum atomic E-state index is 11.0. The maximum absolute atomic E-state index is 11.0. The number of rotatable bonds is 3. The van der Waals surface area contributed by atoms with Gasteiger partial charge in [0, 0.05) is 11.1 Å². The Hall–Kier alpha value is -1.64. The van der Waals surface area contributed by atoms with Crippen LogP contribution in [0.15, 0.2) is 47.2 Å². The summed E-state index contributed by atoms with van der Waals surface area (Å²) in [4.78, 5) is 10.7. The lowest BCUT2D eigenvalue weighted by Crippen LogP contribution is -2.05. The first-order valence-corrected chi connectivity index (χ1v) is 5.12. The molecule has 0 aromatic heterocycles. The van der Waals surface area contributed by atoms with E-state index in [0.717, 1.165) is 11.1 Å². The quantitative estimate of drug-likeness (QED) is 0.523. The Balaban J connectivity index is 3.29. The fourth-order valence-electron chi connectivity index (χ4n) is 1.58. The molecule has 15 heavy (non-hydrogen) atoms. The van der Waals surface area contributed by atoms with E-state index in [1.165, 1.54) is 0 Å². The lowest BCUT2D eigenvalue weighted by molar-refractivity contribution is -0.422. The summed E-state index contributed by atoms with van der Waals surface area (Å²) in [5.74, 6) is 0. The average molecular weight is 205 g/mol. The second kappa shape index (κ2) is 5.29. The average Bonchev–Trinajstić information content (AvgIpc) is 2.17. The minimum atomic E-state index is -0.280. The summed E-state index contributed by atoms with van der Waals surface area (Å²) in [6.07, 6.45) is 10.6. The van der Waals surface area contributed by atoms with Gasteiger partial charge in [-0.1, -0.05) is 44.2 Å². The Labute approximate surface area is 89.6 Å². The van der Waals surface area contributed by atoms with Crippen LogP contribution < -0.4 is 0 Å². The SMILES string of the molecule is CCC1=C\C=C\C=C/C(CC)=C\1[N+](=O)[O-]. The highest BCUT2D eigenvalue weighted by molar-refractivity contribution is 5.40. The van der Waals surface area contributed by atoms with Crippen LogP contribution in [0.25, 0.3) is 0 Å². The van der Waals surface area contributed by atoms with Crippen molar-refractivity contribution in [3.8, 4) is 0 Å². The van der Waals surface area contributed by atoms with Gasteiger partial charge in [-0.15, -0.1) is 0 Å². The molecule has 1 aliphatic rings. The van der Waals surface area contributed by atoms with Crippen molar-refractivity contribution in [2.75, 3.05) is 0 Å². The van der Waals surface area contributed by atoms with Crippen LogP contribution in [0.1, 0.15) is 26.7 Å². The molecule has 0 aromatic carbocycles. The van der Waals surface area contributed by atoms with Crippen LogP contribution in [0.4, 0.5) is 0 Å². The van der Waals surface area contributed by atoms with Gasteiger partial charge in [-0.05, 0) is 12.8 Å². The first-order valence-electron chi connectivity index (χ1n) is 5.12. The van der Waals surface area contributed by atoms with Crippen molar-refractivity contribution in [2.24, 2.45) is 0 Å². The molecular weight excluding hydrogens is 190 g/mol. The summed E-state index contributed by atoms with van der Waals surface area (Å²) in [5, 5.41) is 11.0. The van der Waals surface area contributed by atoms with Crippen LogP contribution >= 0.6 is 0 Å². The Kier molecular flexibility index (Phi) is 4.03. The molecule has 0 spiro atoms. The molecule has 0 atom stereocenters.